The van der Waals surface area contributed by atoms with Crippen molar-refractivity contribution in [3.63, 3.8) is 0 Å². The first kappa shape index (κ1) is 30.2. The van der Waals surface area contributed by atoms with E-state index in [2.05, 4.69) is 35.4 Å². The molecule has 0 bridgehead atoms. The number of nitrogens with zero attached hydrogens (tertiary/aromatic N) is 4. The predicted octanol–water partition coefficient (Wildman–Crippen LogP) is 4.77. The molecule has 0 fully saturated rings. The number of hydrazone groups is 1. The number of aliphatic hydroxyl groups is 1. The topological polar surface area (TPSA) is 155 Å². The number of hydrogen-bond acceptors (Lipinski definition) is 11. The highest BCUT2D eigenvalue weighted by atomic mass is 19.1. The van der Waals surface area contributed by atoms with E-state index in [1.54, 1.807) is 13.8 Å². The number of benzene rings is 2. The minimum Gasteiger partial charge on any atom is -0.513 e. The second-order valence-electron chi connectivity index (χ2n) is 6.23. The van der Waals surface area contributed by atoms with Crippen LogP contribution in [0.4, 0.5) is 28.9 Å². The lowest BCUT2D eigenvalue weighted by Gasteiger charge is -2.04. The molecule has 198 valence electrons. The van der Waals surface area contributed by atoms with Crippen LogP contribution >= 0.6 is 0 Å². The van der Waals surface area contributed by atoms with Gasteiger partial charge in [-0.05, 0) is 38.1 Å². The van der Waals surface area contributed by atoms with Crippen LogP contribution in [0.25, 0.3) is 0 Å². The summed E-state index contributed by atoms with van der Waals surface area (Å²) in [5, 5.41) is 30.0. The van der Waals surface area contributed by atoms with Crippen molar-refractivity contribution >= 4 is 35.2 Å². The summed E-state index contributed by atoms with van der Waals surface area (Å²) in [4.78, 5) is 22.5. The van der Waals surface area contributed by atoms with E-state index >= 15 is 0 Å². The summed E-state index contributed by atoms with van der Waals surface area (Å²) >= 11 is 0. The summed E-state index contributed by atoms with van der Waals surface area (Å²) in [6.07, 6.45) is 1.12. The van der Waals surface area contributed by atoms with Gasteiger partial charge in [-0.1, -0.05) is 5.16 Å². The van der Waals surface area contributed by atoms with Gasteiger partial charge < -0.3 is 19.8 Å². The largest absolute Gasteiger partial charge is 0.513 e. The first-order valence-corrected chi connectivity index (χ1v) is 10.2. The zero-order valence-corrected chi connectivity index (χ0v) is 19.4. The SMILES string of the molecule is CCOC(=O)C(/C=N/O)=N/Nc1ccc(F)cc1F.CCOC(=O)C(=CO)N=Nc1ccc(F)cc1F. The molecule has 0 radical (unpaired) electrons. The number of aliphatic hydroxyl groups excluding tert-OH is 1. The number of hydrogen-bond donors (Lipinski definition) is 3. The van der Waals surface area contributed by atoms with Crippen molar-refractivity contribution in [1.29, 1.82) is 0 Å². The van der Waals surface area contributed by atoms with Crippen LogP contribution in [-0.2, 0) is 19.1 Å². The Balaban J connectivity index is 0.000000371. The van der Waals surface area contributed by atoms with Crippen LogP contribution in [0.2, 0.25) is 0 Å². The lowest BCUT2D eigenvalue weighted by atomic mass is 10.3. The average Bonchev–Trinajstić information content (AvgIpc) is 2.85. The Morgan fingerprint density at radius 2 is 1.54 bits per heavy atom. The van der Waals surface area contributed by atoms with Crippen molar-refractivity contribution in [1.82, 2.24) is 0 Å². The zero-order chi connectivity index (χ0) is 27.8. The van der Waals surface area contributed by atoms with Gasteiger partial charge in [0.1, 0.15) is 29.8 Å². The van der Waals surface area contributed by atoms with Gasteiger partial charge in [-0.3, -0.25) is 5.43 Å². The summed E-state index contributed by atoms with van der Waals surface area (Å²) in [5.74, 6) is -5.06. The van der Waals surface area contributed by atoms with Gasteiger partial charge in [0.15, 0.2) is 17.3 Å². The lowest BCUT2D eigenvalue weighted by molar-refractivity contribution is -0.138. The van der Waals surface area contributed by atoms with Crippen LogP contribution in [-0.4, -0.2) is 47.4 Å². The highest BCUT2D eigenvalue weighted by Gasteiger charge is 2.12. The Hall–Kier alpha value is -4.82. The van der Waals surface area contributed by atoms with Gasteiger partial charge >= 0.3 is 11.9 Å². The molecule has 0 saturated heterocycles. The third-order valence-corrected chi connectivity index (χ3v) is 3.67. The zero-order valence-electron chi connectivity index (χ0n) is 19.4. The maximum absolute atomic E-state index is 13.3. The lowest BCUT2D eigenvalue weighted by Crippen LogP contribution is -2.20. The third-order valence-electron chi connectivity index (χ3n) is 3.67. The summed E-state index contributed by atoms with van der Waals surface area (Å²) in [7, 11) is 0. The van der Waals surface area contributed by atoms with E-state index in [0.717, 1.165) is 30.5 Å². The maximum atomic E-state index is 13.3. The quantitative estimate of drug-likeness (QED) is 0.0620. The van der Waals surface area contributed by atoms with E-state index in [0.29, 0.717) is 18.4 Å². The van der Waals surface area contributed by atoms with Crippen LogP contribution in [0.5, 0.6) is 0 Å². The van der Waals surface area contributed by atoms with Crippen LogP contribution in [0, 0.1) is 23.3 Å². The van der Waals surface area contributed by atoms with Gasteiger partial charge in [-0.15, -0.1) is 10.2 Å². The predicted molar refractivity (Wildman–Crippen MR) is 123 cm³/mol. The van der Waals surface area contributed by atoms with Crippen molar-refractivity contribution in [2.24, 2.45) is 20.5 Å². The first-order valence-electron chi connectivity index (χ1n) is 10.2. The Morgan fingerprint density at radius 1 is 0.946 bits per heavy atom. The van der Waals surface area contributed by atoms with E-state index in [1.165, 1.54) is 0 Å². The molecule has 0 aliphatic carbocycles. The number of nitrogens with one attached hydrogen (secondary N) is 1. The third kappa shape index (κ3) is 10.5. The van der Waals surface area contributed by atoms with E-state index in [-0.39, 0.29) is 30.3 Å². The van der Waals surface area contributed by atoms with Crippen molar-refractivity contribution in [2.45, 2.75) is 13.8 Å². The van der Waals surface area contributed by atoms with E-state index in [9.17, 15) is 27.2 Å². The number of carbonyl (C=O) groups excluding carboxylic acids is 2. The van der Waals surface area contributed by atoms with E-state index < -0.39 is 40.9 Å². The Morgan fingerprint density at radius 3 is 2.08 bits per heavy atom. The molecule has 37 heavy (non-hydrogen) atoms. The van der Waals surface area contributed by atoms with Gasteiger partial charge in [-0.25, -0.2) is 27.2 Å². The maximum Gasteiger partial charge on any atom is 0.362 e. The van der Waals surface area contributed by atoms with E-state index in [1.807, 2.05) is 0 Å². The summed E-state index contributed by atoms with van der Waals surface area (Å²) in [5.41, 5.74) is 0.947. The van der Waals surface area contributed by atoms with Crippen LogP contribution in [0.1, 0.15) is 13.8 Å². The number of azo groups is 1. The fourth-order valence-corrected chi connectivity index (χ4v) is 2.08. The number of rotatable bonds is 9. The molecule has 2 aromatic carbocycles. The summed E-state index contributed by atoms with van der Waals surface area (Å²) in [6, 6.07) is 5.44. The number of carbonyl (C=O) groups is 2. The number of halogens is 4. The van der Waals surface area contributed by atoms with Crippen LogP contribution in [0.3, 0.4) is 0 Å². The Labute approximate surface area is 207 Å². The van der Waals surface area contributed by atoms with Crippen LogP contribution in [0.15, 0.2) is 68.8 Å². The average molecular weight is 527 g/mol. The smallest absolute Gasteiger partial charge is 0.362 e. The monoisotopic (exact) mass is 527 g/mol. The van der Waals surface area contributed by atoms with Crippen LogP contribution < -0.4 is 5.43 Å². The molecule has 0 heterocycles. The molecule has 0 aromatic heterocycles. The molecule has 0 unspecified atom stereocenters. The molecule has 0 aliphatic rings. The summed E-state index contributed by atoms with van der Waals surface area (Å²) in [6.45, 7) is 3.35. The number of anilines is 1. The van der Waals surface area contributed by atoms with Gasteiger partial charge in [0.2, 0.25) is 5.70 Å². The molecule has 0 amide bonds. The highest BCUT2D eigenvalue weighted by Crippen LogP contribution is 2.20. The normalized spacial score (nSPS) is 11.7. The standard InChI is InChI=1S/C11H11F2N3O3.C11H10F2N2O3/c1-2-19-11(17)10(6-14-18)16-15-9-4-3-7(12)5-8(9)13;1-2-18-11(17)10(6-16)15-14-9-4-3-7(12)5-8(9)13/h3-6,15,18H,2H2,1H3;3-6,16H,2H2,1H3/b14-6+,16-10+;. The molecule has 3 N–H and O–H groups in total. The van der Waals surface area contributed by atoms with Gasteiger partial charge in [0.25, 0.3) is 0 Å². The fourth-order valence-electron chi connectivity index (χ4n) is 2.08. The van der Waals surface area contributed by atoms with E-state index in [4.69, 9.17) is 10.3 Å². The van der Waals surface area contributed by atoms with Crippen molar-refractivity contribution in [2.75, 3.05) is 18.6 Å². The van der Waals surface area contributed by atoms with Crippen molar-refractivity contribution in [3.8, 4) is 0 Å². The first-order chi connectivity index (χ1) is 17.7. The Bertz CT molecular complexity index is 1200. The second-order valence-corrected chi connectivity index (χ2v) is 6.23. The minimum absolute atomic E-state index is 0.0939. The number of esters is 2. The molecular weight excluding hydrogens is 506 g/mol. The molecule has 15 heteroatoms. The van der Waals surface area contributed by atoms with Gasteiger partial charge in [-0.2, -0.15) is 5.10 Å². The molecule has 2 aromatic rings. The highest BCUT2D eigenvalue weighted by molar-refractivity contribution is 6.59. The number of ether oxygens (including phenoxy) is 2. The minimum atomic E-state index is -0.931. The second kappa shape index (κ2) is 16.0. The molecule has 0 atom stereocenters. The molecular formula is C22H21F4N5O6. The molecule has 11 nitrogen and oxygen atoms in total. The summed E-state index contributed by atoms with van der Waals surface area (Å²) < 4.78 is 60.9. The fraction of sp³-hybridized carbons (Fsp3) is 0.182. The molecule has 2 rings (SSSR count). The molecule has 0 aliphatic heterocycles. The van der Waals surface area contributed by atoms with Gasteiger partial charge in [0, 0.05) is 12.1 Å². The Kier molecular flexibility index (Phi) is 13.0. The molecule has 0 saturated carbocycles. The molecule has 0 spiro atoms. The van der Waals surface area contributed by atoms with Gasteiger partial charge in [0.05, 0.1) is 18.9 Å². The van der Waals surface area contributed by atoms with Crippen molar-refractivity contribution in [3.05, 3.63) is 71.6 Å². The van der Waals surface area contributed by atoms with Crippen molar-refractivity contribution < 1.29 is 46.9 Å². The number of oxime groups is 1.